The van der Waals surface area contributed by atoms with Gasteiger partial charge in [0, 0.05) is 24.6 Å². The van der Waals surface area contributed by atoms with Crippen LogP contribution in [-0.2, 0) is 6.54 Å². The number of hydrogen-bond donors (Lipinski definition) is 1. The van der Waals surface area contributed by atoms with E-state index in [1.54, 1.807) is 0 Å². The summed E-state index contributed by atoms with van der Waals surface area (Å²) in [5.41, 5.74) is 2.91. The molecular formula is C13H17ClN4. The van der Waals surface area contributed by atoms with Crippen molar-refractivity contribution in [1.29, 1.82) is 0 Å². The maximum Gasteiger partial charge on any atom is 0.0832 e. The smallest absolute Gasteiger partial charge is 0.0832 e. The van der Waals surface area contributed by atoms with Crippen molar-refractivity contribution in [2.45, 2.75) is 26.8 Å². The molecular weight excluding hydrogens is 248 g/mol. The van der Waals surface area contributed by atoms with Crippen LogP contribution in [0.15, 0.2) is 24.5 Å². The Labute approximate surface area is 112 Å². The second-order valence-electron chi connectivity index (χ2n) is 4.22. The van der Waals surface area contributed by atoms with Crippen LogP contribution < -0.4 is 5.32 Å². The fourth-order valence-corrected chi connectivity index (χ4v) is 1.83. The van der Waals surface area contributed by atoms with Gasteiger partial charge in [0.15, 0.2) is 0 Å². The fraction of sp³-hybridized carbons (Fsp3) is 0.385. The van der Waals surface area contributed by atoms with E-state index in [1.807, 2.05) is 36.1 Å². The first-order valence-corrected chi connectivity index (χ1v) is 6.45. The Morgan fingerprint density at radius 1 is 1.44 bits per heavy atom. The summed E-state index contributed by atoms with van der Waals surface area (Å²) in [6.07, 6.45) is 4.74. The van der Waals surface area contributed by atoms with Crippen molar-refractivity contribution in [3.05, 3.63) is 40.9 Å². The van der Waals surface area contributed by atoms with Gasteiger partial charge in [0.2, 0.25) is 0 Å². The molecule has 0 saturated carbocycles. The lowest BCUT2D eigenvalue weighted by atomic mass is 10.3. The zero-order chi connectivity index (χ0) is 13.0. The predicted molar refractivity (Wildman–Crippen MR) is 74.1 cm³/mol. The topological polar surface area (TPSA) is 42.7 Å². The quantitative estimate of drug-likeness (QED) is 0.902. The molecule has 0 amide bonds. The minimum atomic E-state index is 0.634. The highest BCUT2D eigenvalue weighted by Crippen LogP contribution is 2.14. The van der Waals surface area contributed by atoms with Crippen LogP contribution in [0.2, 0.25) is 5.02 Å². The number of aromatic nitrogens is 3. The third-order valence-electron chi connectivity index (χ3n) is 2.61. The van der Waals surface area contributed by atoms with Gasteiger partial charge in [0.05, 0.1) is 23.0 Å². The molecule has 0 spiro atoms. The summed E-state index contributed by atoms with van der Waals surface area (Å²) in [6, 6.07) is 4.01. The SMILES string of the molecule is CCCNc1ccnc(Cn2cc(Cl)c(C)n2)c1. The molecule has 0 aliphatic carbocycles. The zero-order valence-corrected chi connectivity index (χ0v) is 11.4. The average molecular weight is 265 g/mol. The van der Waals surface area contributed by atoms with E-state index in [1.165, 1.54) is 0 Å². The van der Waals surface area contributed by atoms with Crippen molar-refractivity contribution in [2.75, 3.05) is 11.9 Å². The molecule has 0 fully saturated rings. The van der Waals surface area contributed by atoms with Crippen LogP contribution in [0.4, 0.5) is 5.69 Å². The standard InChI is InChI=1S/C13H17ClN4/c1-3-5-15-11-4-6-16-12(7-11)8-18-9-13(14)10(2)17-18/h4,6-7,9H,3,5,8H2,1-2H3,(H,15,16). The number of rotatable bonds is 5. The maximum atomic E-state index is 5.98. The van der Waals surface area contributed by atoms with E-state index in [4.69, 9.17) is 11.6 Å². The number of nitrogens with one attached hydrogen (secondary N) is 1. The number of anilines is 1. The Morgan fingerprint density at radius 3 is 2.94 bits per heavy atom. The van der Waals surface area contributed by atoms with Crippen LogP contribution in [0, 0.1) is 6.92 Å². The Bertz CT molecular complexity index is 502. The molecule has 96 valence electrons. The van der Waals surface area contributed by atoms with Gasteiger partial charge in [-0.25, -0.2) is 0 Å². The van der Waals surface area contributed by atoms with Gasteiger partial charge in [-0.05, 0) is 25.5 Å². The van der Waals surface area contributed by atoms with E-state index < -0.39 is 0 Å². The fourth-order valence-electron chi connectivity index (χ4n) is 1.68. The van der Waals surface area contributed by atoms with Gasteiger partial charge in [0.25, 0.3) is 0 Å². The van der Waals surface area contributed by atoms with Gasteiger partial charge in [-0.1, -0.05) is 18.5 Å². The molecule has 5 heteroatoms. The first-order chi connectivity index (χ1) is 8.69. The molecule has 2 aromatic rings. The summed E-state index contributed by atoms with van der Waals surface area (Å²) < 4.78 is 1.81. The van der Waals surface area contributed by atoms with Gasteiger partial charge in [-0.2, -0.15) is 5.10 Å². The van der Waals surface area contributed by atoms with Crippen LogP contribution in [-0.4, -0.2) is 21.3 Å². The van der Waals surface area contributed by atoms with E-state index in [2.05, 4.69) is 22.3 Å². The first kappa shape index (κ1) is 12.9. The van der Waals surface area contributed by atoms with Crippen LogP contribution in [0.5, 0.6) is 0 Å². The van der Waals surface area contributed by atoms with Crippen LogP contribution in [0.25, 0.3) is 0 Å². The van der Waals surface area contributed by atoms with Crippen molar-refractivity contribution >= 4 is 17.3 Å². The van der Waals surface area contributed by atoms with Crippen molar-refractivity contribution in [3.8, 4) is 0 Å². The second-order valence-corrected chi connectivity index (χ2v) is 4.63. The summed E-state index contributed by atoms with van der Waals surface area (Å²) in [4.78, 5) is 4.34. The number of halogens is 1. The number of hydrogen-bond acceptors (Lipinski definition) is 3. The molecule has 0 aliphatic rings. The summed E-state index contributed by atoms with van der Waals surface area (Å²) >= 11 is 5.98. The number of pyridine rings is 1. The Hall–Kier alpha value is -1.55. The second kappa shape index (κ2) is 5.87. The van der Waals surface area contributed by atoms with E-state index in [-0.39, 0.29) is 0 Å². The van der Waals surface area contributed by atoms with Gasteiger partial charge in [0.1, 0.15) is 0 Å². The summed E-state index contributed by atoms with van der Waals surface area (Å²) in [7, 11) is 0. The molecule has 0 atom stereocenters. The molecule has 4 nitrogen and oxygen atoms in total. The molecule has 0 bridgehead atoms. The molecule has 1 N–H and O–H groups in total. The molecule has 2 heterocycles. The minimum Gasteiger partial charge on any atom is -0.385 e. The van der Waals surface area contributed by atoms with Gasteiger partial charge >= 0.3 is 0 Å². The third-order valence-corrected chi connectivity index (χ3v) is 2.98. The highest BCUT2D eigenvalue weighted by atomic mass is 35.5. The Balaban J connectivity index is 2.09. The predicted octanol–water partition coefficient (Wildman–Crippen LogP) is 3.11. The molecule has 0 aliphatic heterocycles. The summed E-state index contributed by atoms with van der Waals surface area (Å²) in [6.45, 7) is 5.64. The zero-order valence-electron chi connectivity index (χ0n) is 10.7. The van der Waals surface area contributed by atoms with E-state index in [0.717, 1.165) is 30.0 Å². The minimum absolute atomic E-state index is 0.634. The van der Waals surface area contributed by atoms with Crippen molar-refractivity contribution in [2.24, 2.45) is 0 Å². The van der Waals surface area contributed by atoms with Gasteiger partial charge < -0.3 is 5.32 Å². The number of nitrogens with zero attached hydrogens (tertiary/aromatic N) is 3. The number of aryl methyl sites for hydroxylation is 1. The molecule has 0 radical (unpaired) electrons. The molecule has 0 unspecified atom stereocenters. The molecule has 0 aromatic carbocycles. The first-order valence-electron chi connectivity index (χ1n) is 6.07. The molecule has 0 saturated heterocycles. The lowest BCUT2D eigenvalue weighted by Crippen LogP contribution is -2.05. The molecule has 2 aromatic heterocycles. The normalized spacial score (nSPS) is 10.6. The largest absolute Gasteiger partial charge is 0.385 e. The van der Waals surface area contributed by atoms with E-state index in [9.17, 15) is 0 Å². The Morgan fingerprint density at radius 2 is 2.28 bits per heavy atom. The van der Waals surface area contributed by atoms with Crippen molar-refractivity contribution in [3.63, 3.8) is 0 Å². The van der Waals surface area contributed by atoms with Gasteiger partial charge in [-0.15, -0.1) is 0 Å². The van der Waals surface area contributed by atoms with E-state index >= 15 is 0 Å². The Kier molecular flexibility index (Phi) is 4.20. The lowest BCUT2D eigenvalue weighted by molar-refractivity contribution is 0.666. The van der Waals surface area contributed by atoms with Crippen LogP contribution in [0.3, 0.4) is 0 Å². The summed E-state index contributed by atoms with van der Waals surface area (Å²) in [5, 5.41) is 8.35. The lowest BCUT2D eigenvalue weighted by Gasteiger charge is -2.06. The average Bonchev–Trinajstić information content (AvgIpc) is 2.66. The highest BCUT2D eigenvalue weighted by molar-refractivity contribution is 6.31. The van der Waals surface area contributed by atoms with Gasteiger partial charge in [-0.3, -0.25) is 9.67 Å². The molecule has 18 heavy (non-hydrogen) atoms. The highest BCUT2D eigenvalue weighted by Gasteiger charge is 2.03. The van der Waals surface area contributed by atoms with E-state index in [0.29, 0.717) is 11.6 Å². The maximum absolute atomic E-state index is 5.98. The third kappa shape index (κ3) is 3.23. The molecule has 2 rings (SSSR count). The monoisotopic (exact) mass is 264 g/mol. The summed E-state index contributed by atoms with van der Waals surface area (Å²) in [5.74, 6) is 0. The van der Waals surface area contributed by atoms with Crippen LogP contribution >= 0.6 is 11.6 Å². The van der Waals surface area contributed by atoms with Crippen molar-refractivity contribution < 1.29 is 0 Å². The van der Waals surface area contributed by atoms with Crippen molar-refractivity contribution in [1.82, 2.24) is 14.8 Å². The van der Waals surface area contributed by atoms with Crippen LogP contribution in [0.1, 0.15) is 24.7 Å².